The highest BCUT2D eigenvalue weighted by atomic mass is 31.2. The van der Waals surface area contributed by atoms with Gasteiger partial charge in [-0.3, -0.25) is 13.8 Å². The number of phosphoric acid groups is 1. The third-order valence-corrected chi connectivity index (χ3v) is 5.97. The number of rotatable bonds is 23. The molecule has 2 atom stereocenters. The lowest BCUT2D eigenvalue weighted by Gasteiger charge is -2.20. The summed E-state index contributed by atoms with van der Waals surface area (Å²) in [5.41, 5.74) is 0. The summed E-state index contributed by atoms with van der Waals surface area (Å²) in [6.45, 7) is 5.24. The quantitative estimate of drug-likeness (QED) is 0.119. The summed E-state index contributed by atoms with van der Waals surface area (Å²) in [5, 5.41) is 0. The van der Waals surface area contributed by atoms with E-state index in [4.69, 9.17) is 18.5 Å². The standard InChI is InChI=1S/C23H48NO7P/c1-5-7-9-11-13-15-18-28-22(20-29-23(25)16-14-12-10-8-6-2)21-31-32(26,27)30-19-17-24(3)4/h22H,5-21H2,1-4H3,(H,26,27). The average molecular weight is 482 g/mol. The molecule has 0 heterocycles. The smallest absolute Gasteiger partial charge is 0.463 e. The van der Waals surface area contributed by atoms with E-state index in [1.54, 1.807) is 0 Å². The van der Waals surface area contributed by atoms with Gasteiger partial charge in [0.25, 0.3) is 0 Å². The highest BCUT2D eigenvalue weighted by Gasteiger charge is 2.24. The lowest BCUT2D eigenvalue weighted by molar-refractivity contribution is -0.149. The molecule has 192 valence electrons. The van der Waals surface area contributed by atoms with Gasteiger partial charge in [-0.05, 0) is 26.9 Å². The number of unbranched alkanes of at least 4 members (excludes halogenated alkanes) is 9. The Kier molecular flexibility index (Phi) is 20.7. The van der Waals surface area contributed by atoms with Crippen LogP contribution in [-0.4, -0.2) is 68.9 Å². The van der Waals surface area contributed by atoms with Crippen molar-refractivity contribution in [3.63, 3.8) is 0 Å². The Hall–Kier alpha value is -0.500. The molecule has 0 amide bonds. The highest BCUT2D eigenvalue weighted by Crippen LogP contribution is 2.43. The van der Waals surface area contributed by atoms with Gasteiger partial charge in [-0.2, -0.15) is 0 Å². The second-order valence-corrected chi connectivity index (χ2v) is 9.96. The fraction of sp³-hybridized carbons (Fsp3) is 0.957. The summed E-state index contributed by atoms with van der Waals surface area (Å²) in [6.07, 6.45) is 11.9. The zero-order valence-corrected chi connectivity index (χ0v) is 21.8. The number of hydrogen-bond acceptors (Lipinski definition) is 7. The van der Waals surface area contributed by atoms with Gasteiger partial charge in [-0.25, -0.2) is 4.57 Å². The largest absolute Gasteiger partial charge is 0.472 e. The van der Waals surface area contributed by atoms with Gasteiger partial charge in [-0.15, -0.1) is 0 Å². The molecule has 0 aromatic heterocycles. The molecular formula is C23H48NO7P. The number of ether oxygens (including phenoxy) is 2. The topological polar surface area (TPSA) is 94.5 Å². The molecule has 1 N–H and O–H groups in total. The number of nitrogens with zero attached hydrogens (tertiary/aromatic N) is 1. The van der Waals surface area contributed by atoms with Crippen LogP contribution >= 0.6 is 7.82 Å². The Morgan fingerprint density at radius 1 is 0.844 bits per heavy atom. The van der Waals surface area contributed by atoms with Crippen LogP contribution < -0.4 is 0 Å². The van der Waals surface area contributed by atoms with Gasteiger partial charge in [0.1, 0.15) is 12.7 Å². The third-order valence-electron chi connectivity index (χ3n) is 4.98. The summed E-state index contributed by atoms with van der Waals surface area (Å²) in [6, 6.07) is 0. The lowest BCUT2D eigenvalue weighted by atomic mass is 10.1. The molecule has 0 saturated heterocycles. The van der Waals surface area contributed by atoms with Crippen LogP contribution in [-0.2, 0) is 27.9 Å². The van der Waals surface area contributed by atoms with Gasteiger partial charge < -0.3 is 19.3 Å². The number of esters is 1. The summed E-state index contributed by atoms with van der Waals surface area (Å²) in [7, 11) is -0.495. The maximum atomic E-state index is 12.1. The first-order valence-electron chi connectivity index (χ1n) is 12.3. The molecule has 0 aromatic rings. The minimum atomic E-state index is -4.18. The van der Waals surface area contributed by atoms with E-state index in [0.29, 0.717) is 19.6 Å². The number of hydrogen-bond donors (Lipinski definition) is 1. The first-order chi connectivity index (χ1) is 15.3. The van der Waals surface area contributed by atoms with Crippen molar-refractivity contribution < 1.29 is 32.8 Å². The van der Waals surface area contributed by atoms with Crippen LogP contribution in [0.25, 0.3) is 0 Å². The Morgan fingerprint density at radius 2 is 1.44 bits per heavy atom. The second-order valence-electron chi connectivity index (χ2n) is 8.51. The predicted octanol–water partition coefficient (Wildman–Crippen LogP) is 5.33. The zero-order valence-electron chi connectivity index (χ0n) is 20.9. The third kappa shape index (κ3) is 21.4. The Balaban J connectivity index is 4.36. The first kappa shape index (κ1) is 31.5. The van der Waals surface area contributed by atoms with Crippen LogP contribution in [0.1, 0.15) is 90.9 Å². The van der Waals surface area contributed by atoms with E-state index in [-0.39, 0.29) is 25.8 Å². The molecule has 9 heteroatoms. The van der Waals surface area contributed by atoms with Crippen molar-refractivity contribution in [2.75, 3.05) is 47.1 Å². The van der Waals surface area contributed by atoms with Crippen LogP contribution in [0.3, 0.4) is 0 Å². The van der Waals surface area contributed by atoms with Crippen molar-refractivity contribution in [3.8, 4) is 0 Å². The van der Waals surface area contributed by atoms with Crippen LogP contribution in [0.2, 0.25) is 0 Å². The summed E-state index contributed by atoms with van der Waals surface area (Å²) in [5.74, 6) is -0.274. The minimum absolute atomic E-state index is 0.00132. The molecule has 2 unspecified atom stereocenters. The highest BCUT2D eigenvalue weighted by molar-refractivity contribution is 7.47. The van der Waals surface area contributed by atoms with E-state index in [2.05, 4.69) is 13.8 Å². The SMILES string of the molecule is CCCCCCCCOC(COC(=O)CCCCCCC)COP(=O)(O)OCCN(C)C. The fourth-order valence-corrected chi connectivity index (χ4v) is 3.70. The van der Waals surface area contributed by atoms with E-state index >= 15 is 0 Å². The molecule has 0 aliphatic rings. The van der Waals surface area contributed by atoms with Gasteiger partial charge >= 0.3 is 13.8 Å². The molecular weight excluding hydrogens is 433 g/mol. The molecule has 0 aliphatic carbocycles. The Morgan fingerprint density at radius 3 is 2.06 bits per heavy atom. The zero-order chi connectivity index (χ0) is 24.1. The van der Waals surface area contributed by atoms with Crippen LogP contribution in [0.4, 0.5) is 0 Å². The van der Waals surface area contributed by atoms with Crippen molar-refractivity contribution in [3.05, 3.63) is 0 Å². The molecule has 0 aliphatic heterocycles. The van der Waals surface area contributed by atoms with E-state index in [0.717, 1.165) is 44.9 Å². The predicted molar refractivity (Wildman–Crippen MR) is 128 cm³/mol. The second kappa shape index (κ2) is 21.1. The fourth-order valence-electron chi connectivity index (χ4n) is 2.96. The van der Waals surface area contributed by atoms with Crippen LogP contribution in [0.5, 0.6) is 0 Å². The molecule has 0 spiro atoms. The summed E-state index contributed by atoms with van der Waals surface area (Å²) >= 11 is 0. The molecule has 0 fully saturated rings. The Labute approximate surface area is 195 Å². The average Bonchev–Trinajstić information content (AvgIpc) is 2.73. The summed E-state index contributed by atoms with van der Waals surface area (Å²) in [4.78, 5) is 23.7. The first-order valence-corrected chi connectivity index (χ1v) is 13.8. The van der Waals surface area contributed by atoms with Gasteiger partial charge in [0.05, 0.1) is 13.2 Å². The number of carbonyl (C=O) groups excluding carboxylic acids is 1. The van der Waals surface area contributed by atoms with Crippen molar-refractivity contribution in [1.29, 1.82) is 0 Å². The number of likely N-dealkylation sites (N-methyl/N-ethyl adjacent to an activating group) is 1. The summed E-state index contributed by atoms with van der Waals surface area (Å²) < 4.78 is 33.3. The van der Waals surface area contributed by atoms with E-state index < -0.39 is 13.9 Å². The molecule has 0 radical (unpaired) electrons. The number of carbonyl (C=O) groups is 1. The maximum absolute atomic E-state index is 12.1. The van der Waals surface area contributed by atoms with Crippen LogP contribution in [0.15, 0.2) is 0 Å². The number of phosphoric ester groups is 1. The van der Waals surface area contributed by atoms with Gasteiger partial charge in [0.2, 0.25) is 0 Å². The molecule has 32 heavy (non-hydrogen) atoms. The minimum Gasteiger partial charge on any atom is -0.463 e. The van der Waals surface area contributed by atoms with Gasteiger partial charge in [0, 0.05) is 19.6 Å². The molecule has 0 saturated carbocycles. The molecule has 8 nitrogen and oxygen atoms in total. The van der Waals surface area contributed by atoms with Gasteiger partial charge in [-0.1, -0.05) is 71.6 Å². The molecule has 0 bridgehead atoms. The van der Waals surface area contributed by atoms with E-state index in [9.17, 15) is 14.3 Å². The van der Waals surface area contributed by atoms with E-state index in [1.165, 1.54) is 25.7 Å². The van der Waals surface area contributed by atoms with Crippen LogP contribution in [0, 0.1) is 0 Å². The van der Waals surface area contributed by atoms with E-state index in [1.807, 2.05) is 19.0 Å². The van der Waals surface area contributed by atoms with Crippen molar-refractivity contribution in [2.45, 2.75) is 97.0 Å². The molecule has 0 aromatic carbocycles. The normalized spacial score (nSPS) is 14.4. The monoisotopic (exact) mass is 481 g/mol. The van der Waals surface area contributed by atoms with Gasteiger partial charge in [0.15, 0.2) is 0 Å². The van der Waals surface area contributed by atoms with Crippen molar-refractivity contribution in [2.24, 2.45) is 0 Å². The van der Waals surface area contributed by atoms with Crippen molar-refractivity contribution in [1.82, 2.24) is 4.90 Å². The maximum Gasteiger partial charge on any atom is 0.472 e. The molecule has 0 rings (SSSR count). The lowest BCUT2D eigenvalue weighted by Crippen LogP contribution is -2.27. The van der Waals surface area contributed by atoms with Crippen molar-refractivity contribution >= 4 is 13.8 Å². The Bertz CT molecular complexity index is 491.